The Hall–Kier alpha value is -2.99. The molecule has 0 aliphatic carbocycles. The molecule has 0 aliphatic heterocycles. The van der Waals surface area contributed by atoms with Crippen LogP contribution >= 0.6 is 0 Å². The molecule has 0 radical (unpaired) electrons. The highest BCUT2D eigenvalue weighted by Crippen LogP contribution is 2.23. The van der Waals surface area contributed by atoms with Crippen LogP contribution in [-0.2, 0) is 0 Å². The number of amides is 1. The van der Waals surface area contributed by atoms with Crippen molar-refractivity contribution in [1.82, 2.24) is 20.1 Å². The number of aliphatic hydroxyl groups is 1. The van der Waals surface area contributed by atoms with Gasteiger partial charge in [-0.3, -0.25) is 9.78 Å². The lowest BCUT2D eigenvalue weighted by Crippen LogP contribution is -2.33. The van der Waals surface area contributed by atoms with Crippen molar-refractivity contribution in [2.24, 2.45) is 0 Å². The number of nitrogens with zero attached hydrogens (tertiary/aromatic N) is 3. The average Bonchev–Trinajstić information content (AvgIpc) is 3.09. The number of para-hydroxylation sites is 1. The van der Waals surface area contributed by atoms with Crippen LogP contribution in [0.4, 0.5) is 0 Å². The number of carbonyl (C=O) groups excluding carboxylic acids is 1. The predicted octanol–water partition coefficient (Wildman–Crippen LogP) is 2.44. The van der Waals surface area contributed by atoms with E-state index < -0.39 is 0 Å². The first-order valence-electron chi connectivity index (χ1n) is 8.16. The molecule has 0 bridgehead atoms. The maximum Gasteiger partial charge on any atom is 0.255 e. The van der Waals surface area contributed by atoms with Gasteiger partial charge in [-0.15, -0.1) is 0 Å². The predicted molar refractivity (Wildman–Crippen MR) is 95.4 cm³/mol. The Balaban J connectivity index is 2.00. The molecule has 6 heteroatoms. The number of pyridine rings is 1. The van der Waals surface area contributed by atoms with Gasteiger partial charge < -0.3 is 10.4 Å². The first-order chi connectivity index (χ1) is 12.2. The van der Waals surface area contributed by atoms with Gasteiger partial charge in [-0.2, -0.15) is 5.10 Å². The third-order valence-corrected chi connectivity index (χ3v) is 3.85. The van der Waals surface area contributed by atoms with Gasteiger partial charge in [0.2, 0.25) is 0 Å². The monoisotopic (exact) mass is 336 g/mol. The van der Waals surface area contributed by atoms with E-state index in [2.05, 4.69) is 15.4 Å². The molecule has 2 aromatic heterocycles. The van der Waals surface area contributed by atoms with E-state index in [1.165, 1.54) is 0 Å². The van der Waals surface area contributed by atoms with E-state index in [1.54, 1.807) is 23.3 Å². The van der Waals surface area contributed by atoms with E-state index in [1.807, 2.05) is 49.4 Å². The van der Waals surface area contributed by atoms with Crippen LogP contribution in [0.25, 0.3) is 16.9 Å². The summed E-state index contributed by atoms with van der Waals surface area (Å²) in [7, 11) is 0. The van der Waals surface area contributed by atoms with Crippen LogP contribution in [0.3, 0.4) is 0 Å². The number of benzene rings is 1. The van der Waals surface area contributed by atoms with E-state index in [4.69, 9.17) is 5.11 Å². The standard InChI is InChI=1S/C19H20N4O2/c1-14(9-11-24)21-19(25)17-13-23(16-7-3-2-4-8-16)22-18(17)15-6-5-10-20-12-15/h2-8,10,12-14,24H,9,11H2,1H3,(H,21,25). The van der Waals surface area contributed by atoms with E-state index in [-0.39, 0.29) is 18.6 Å². The molecule has 128 valence electrons. The van der Waals surface area contributed by atoms with Crippen molar-refractivity contribution >= 4 is 5.91 Å². The molecule has 0 aliphatic rings. The number of hydrogen-bond donors (Lipinski definition) is 2. The van der Waals surface area contributed by atoms with Crippen molar-refractivity contribution in [2.75, 3.05) is 6.61 Å². The molecule has 1 atom stereocenters. The van der Waals surface area contributed by atoms with Crippen LogP contribution in [0, 0.1) is 0 Å². The Kier molecular flexibility index (Phi) is 5.20. The summed E-state index contributed by atoms with van der Waals surface area (Å²) in [6, 6.07) is 13.2. The van der Waals surface area contributed by atoms with Crippen molar-refractivity contribution in [1.29, 1.82) is 0 Å². The summed E-state index contributed by atoms with van der Waals surface area (Å²) in [5.41, 5.74) is 2.69. The zero-order valence-electron chi connectivity index (χ0n) is 14.0. The first-order valence-corrected chi connectivity index (χ1v) is 8.16. The highest BCUT2D eigenvalue weighted by molar-refractivity contribution is 6.00. The van der Waals surface area contributed by atoms with E-state index >= 15 is 0 Å². The fourth-order valence-electron chi connectivity index (χ4n) is 2.54. The van der Waals surface area contributed by atoms with Gasteiger partial charge in [0, 0.05) is 36.8 Å². The average molecular weight is 336 g/mol. The number of hydrogen-bond acceptors (Lipinski definition) is 4. The quantitative estimate of drug-likeness (QED) is 0.724. The smallest absolute Gasteiger partial charge is 0.255 e. The van der Waals surface area contributed by atoms with Crippen LogP contribution < -0.4 is 5.32 Å². The molecule has 1 aromatic carbocycles. The lowest BCUT2D eigenvalue weighted by atomic mass is 10.1. The SMILES string of the molecule is CC(CCO)NC(=O)c1cn(-c2ccccc2)nc1-c1cccnc1. The van der Waals surface area contributed by atoms with E-state index in [0.29, 0.717) is 17.7 Å². The van der Waals surface area contributed by atoms with Crippen LogP contribution in [-0.4, -0.2) is 38.4 Å². The fraction of sp³-hybridized carbons (Fsp3) is 0.211. The number of rotatable bonds is 6. The van der Waals surface area contributed by atoms with Gasteiger partial charge in [-0.25, -0.2) is 4.68 Å². The van der Waals surface area contributed by atoms with Gasteiger partial charge in [0.1, 0.15) is 5.69 Å². The zero-order chi connectivity index (χ0) is 17.6. The highest BCUT2D eigenvalue weighted by atomic mass is 16.3. The molecular weight excluding hydrogens is 316 g/mol. The van der Waals surface area contributed by atoms with Gasteiger partial charge in [0.05, 0.1) is 11.3 Å². The molecule has 0 saturated carbocycles. The minimum absolute atomic E-state index is 0.0280. The van der Waals surface area contributed by atoms with Gasteiger partial charge in [0.25, 0.3) is 5.91 Å². The number of carbonyl (C=O) groups is 1. The molecule has 6 nitrogen and oxygen atoms in total. The van der Waals surface area contributed by atoms with Crippen LogP contribution in [0.15, 0.2) is 61.1 Å². The number of nitrogens with one attached hydrogen (secondary N) is 1. The normalized spacial score (nSPS) is 11.9. The maximum absolute atomic E-state index is 12.7. The topological polar surface area (TPSA) is 80.0 Å². The Morgan fingerprint density at radius 3 is 2.72 bits per heavy atom. The molecule has 3 aromatic rings. The molecule has 1 amide bonds. The third-order valence-electron chi connectivity index (χ3n) is 3.85. The molecule has 3 rings (SSSR count). The Morgan fingerprint density at radius 1 is 1.24 bits per heavy atom. The minimum Gasteiger partial charge on any atom is -0.396 e. The summed E-state index contributed by atoms with van der Waals surface area (Å²) in [6.45, 7) is 1.89. The molecule has 0 saturated heterocycles. The zero-order valence-corrected chi connectivity index (χ0v) is 14.0. The lowest BCUT2D eigenvalue weighted by Gasteiger charge is -2.12. The largest absolute Gasteiger partial charge is 0.396 e. The summed E-state index contributed by atoms with van der Waals surface area (Å²) >= 11 is 0. The van der Waals surface area contributed by atoms with Crippen molar-refractivity contribution < 1.29 is 9.90 Å². The van der Waals surface area contributed by atoms with Crippen LogP contribution in [0.1, 0.15) is 23.7 Å². The van der Waals surface area contributed by atoms with Crippen molar-refractivity contribution in [3.8, 4) is 16.9 Å². The summed E-state index contributed by atoms with van der Waals surface area (Å²) in [6.07, 6.45) is 5.59. The number of aromatic nitrogens is 3. The number of aliphatic hydroxyl groups excluding tert-OH is 1. The second-order valence-corrected chi connectivity index (χ2v) is 5.80. The van der Waals surface area contributed by atoms with Crippen LogP contribution in [0.5, 0.6) is 0 Å². The summed E-state index contributed by atoms with van der Waals surface area (Å²) in [4.78, 5) is 16.8. The first kappa shape index (κ1) is 16.9. The highest BCUT2D eigenvalue weighted by Gasteiger charge is 2.20. The van der Waals surface area contributed by atoms with Gasteiger partial charge in [-0.1, -0.05) is 18.2 Å². The molecule has 2 N–H and O–H groups in total. The molecule has 1 unspecified atom stereocenters. The maximum atomic E-state index is 12.7. The second kappa shape index (κ2) is 7.72. The fourth-order valence-corrected chi connectivity index (χ4v) is 2.54. The van der Waals surface area contributed by atoms with Gasteiger partial charge >= 0.3 is 0 Å². The molecule has 0 spiro atoms. The van der Waals surface area contributed by atoms with Crippen molar-refractivity contribution in [2.45, 2.75) is 19.4 Å². The molecule has 25 heavy (non-hydrogen) atoms. The summed E-state index contributed by atoms with van der Waals surface area (Å²) < 4.78 is 1.69. The van der Waals surface area contributed by atoms with Gasteiger partial charge in [0.15, 0.2) is 0 Å². The second-order valence-electron chi connectivity index (χ2n) is 5.80. The Labute approximate surface area is 146 Å². The minimum atomic E-state index is -0.220. The summed E-state index contributed by atoms with van der Waals surface area (Å²) in [5.74, 6) is -0.220. The van der Waals surface area contributed by atoms with Gasteiger partial charge in [-0.05, 0) is 37.6 Å². The Bertz CT molecular complexity index is 831. The van der Waals surface area contributed by atoms with Crippen molar-refractivity contribution in [3.05, 3.63) is 66.6 Å². The van der Waals surface area contributed by atoms with Crippen LogP contribution in [0.2, 0.25) is 0 Å². The lowest BCUT2D eigenvalue weighted by molar-refractivity contribution is 0.0935. The molecule has 2 heterocycles. The van der Waals surface area contributed by atoms with E-state index in [0.717, 1.165) is 11.3 Å². The molecule has 0 fully saturated rings. The Morgan fingerprint density at radius 2 is 2.04 bits per heavy atom. The van der Waals surface area contributed by atoms with Crippen molar-refractivity contribution in [3.63, 3.8) is 0 Å². The summed E-state index contributed by atoms with van der Waals surface area (Å²) in [5, 5.41) is 16.5. The molecular formula is C19H20N4O2. The third kappa shape index (κ3) is 3.92. The van der Waals surface area contributed by atoms with E-state index in [9.17, 15) is 4.79 Å².